The summed E-state index contributed by atoms with van der Waals surface area (Å²) in [5.41, 5.74) is 2.49. The van der Waals surface area contributed by atoms with Crippen molar-refractivity contribution in [3.8, 4) is 0 Å². The van der Waals surface area contributed by atoms with Gasteiger partial charge in [-0.05, 0) is 48.6 Å². The van der Waals surface area contributed by atoms with Gasteiger partial charge in [0.05, 0.1) is 17.6 Å². The fraction of sp³-hybridized carbons (Fsp3) is 0.412. The van der Waals surface area contributed by atoms with Gasteiger partial charge in [0.1, 0.15) is 0 Å². The Morgan fingerprint density at radius 1 is 1.16 bits per heavy atom. The molecule has 0 aliphatic carbocycles. The highest BCUT2D eigenvalue weighted by atomic mass is 35.5. The number of hydrogen-bond acceptors (Lipinski definition) is 1. The topological polar surface area (TPSA) is 9.23 Å². The van der Waals surface area contributed by atoms with E-state index < -0.39 is 0 Å². The van der Waals surface area contributed by atoms with E-state index in [4.69, 9.17) is 16.3 Å². The lowest BCUT2D eigenvalue weighted by Gasteiger charge is -2.21. The van der Waals surface area contributed by atoms with Gasteiger partial charge in [-0.1, -0.05) is 36.4 Å². The molecule has 3 atom stereocenters. The minimum Gasteiger partial charge on any atom is -0.373 e. The molecular formula is C17H19ClO. The summed E-state index contributed by atoms with van der Waals surface area (Å²) in [7, 11) is 0. The zero-order valence-corrected chi connectivity index (χ0v) is 12.2. The lowest BCUT2D eigenvalue weighted by molar-refractivity contribution is 0.0534. The van der Waals surface area contributed by atoms with Crippen molar-refractivity contribution in [3.63, 3.8) is 0 Å². The van der Waals surface area contributed by atoms with Crippen molar-refractivity contribution in [1.29, 1.82) is 0 Å². The van der Waals surface area contributed by atoms with Gasteiger partial charge < -0.3 is 4.74 Å². The first-order chi connectivity index (χ1) is 9.16. The predicted molar refractivity (Wildman–Crippen MR) is 80.8 cm³/mol. The molecule has 3 rings (SSSR count). The molecule has 19 heavy (non-hydrogen) atoms. The largest absolute Gasteiger partial charge is 0.373 e. The fourth-order valence-electron chi connectivity index (χ4n) is 3.01. The Hall–Kier alpha value is -1.05. The van der Waals surface area contributed by atoms with E-state index in [0.717, 1.165) is 12.8 Å². The third-order valence-corrected chi connectivity index (χ3v) is 4.55. The fourth-order valence-corrected chi connectivity index (χ4v) is 3.48. The maximum absolute atomic E-state index is 6.74. The summed E-state index contributed by atoms with van der Waals surface area (Å²) in [6.45, 7) is 4.26. The number of benzene rings is 2. The van der Waals surface area contributed by atoms with Crippen LogP contribution in [-0.4, -0.2) is 12.2 Å². The second-order valence-electron chi connectivity index (χ2n) is 5.48. The maximum Gasteiger partial charge on any atom is 0.0855 e. The number of halogens is 1. The molecule has 0 bridgehead atoms. The zero-order chi connectivity index (χ0) is 13.4. The van der Waals surface area contributed by atoms with Crippen LogP contribution in [0.4, 0.5) is 0 Å². The molecule has 0 N–H and O–H groups in total. The van der Waals surface area contributed by atoms with Gasteiger partial charge in [-0.25, -0.2) is 0 Å². The lowest BCUT2D eigenvalue weighted by atomic mass is 9.94. The normalized spacial score (nSPS) is 24.8. The molecular weight excluding hydrogens is 256 g/mol. The van der Waals surface area contributed by atoms with Crippen molar-refractivity contribution in [1.82, 2.24) is 0 Å². The monoisotopic (exact) mass is 274 g/mol. The summed E-state index contributed by atoms with van der Waals surface area (Å²) in [5, 5.41) is 2.45. The molecule has 3 unspecified atom stereocenters. The molecule has 0 amide bonds. The van der Waals surface area contributed by atoms with Crippen LogP contribution >= 0.6 is 11.6 Å². The summed E-state index contributed by atoms with van der Waals surface area (Å²) in [6, 6.07) is 12.8. The van der Waals surface area contributed by atoms with E-state index in [-0.39, 0.29) is 11.5 Å². The van der Waals surface area contributed by atoms with Crippen LogP contribution in [0.1, 0.15) is 36.3 Å². The van der Waals surface area contributed by atoms with E-state index in [2.05, 4.69) is 50.2 Å². The van der Waals surface area contributed by atoms with Gasteiger partial charge in [0.15, 0.2) is 0 Å². The molecule has 2 aromatic rings. The molecule has 1 fully saturated rings. The quantitative estimate of drug-likeness (QED) is 0.701. The van der Waals surface area contributed by atoms with Crippen molar-refractivity contribution in [3.05, 3.63) is 47.5 Å². The zero-order valence-electron chi connectivity index (χ0n) is 11.4. The predicted octanol–water partition coefficient (Wildman–Crippen LogP) is 5.00. The second-order valence-corrected chi connectivity index (χ2v) is 5.95. The number of aryl methyl sites for hydroxylation is 1. The van der Waals surface area contributed by atoms with Gasteiger partial charge >= 0.3 is 0 Å². The molecule has 1 heterocycles. The lowest BCUT2D eigenvalue weighted by Crippen LogP contribution is -2.15. The van der Waals surface area contributed by atoms with Crippen molar-refractivity contribution in [2.24, 2.45) is 0 Å². The van der Waals surface area contributed by atoms with E-state index in [1.165, 1.54) is 21.9 Å². The number of alkyl halides is 1. The minimum absolute atomic E-state index is 0.0592. The highest BCUT2D eigenvalue weighted by molar-refractivity contribution is 6.22. The average Bonchev–Trinajstić information content (AvgIpc) is 2.85. The van der Waals surface area contributed by atoms with Gasteiger partial charge in [0, 0.05) is 0 Å². The van der Waals surface area contributed by atoms with E-state index in [0.29, 0.717) is 6.10 Å². The number of ether oxygens (including phenoxy) is 1. The van der Waals surface area contributed by atoms with E-state index >= 15 is 0 Å². The Balaban J connectivity index is 2.06. The summed E-state index contributed by atoms with van der Waals surface area (Å²) < 4.78 is 5.95. The Labute approximate surface area is 119 Å². The van der Waals surface area contributed by atoms with Crippen LogP contribution in [0.25, 0.3) is 10.8 Å². The number of fused-ring (bicyclic) bond motifs is 1. The van der Waals surface area contributed by atoms with Gasteiger partial charge in [-0.3, -0.25) is 0 Å². The third-order valence-electron chi connectivity index (χ3n) is 4.06. The average molecular weight is 275 g/mol. The Morgan fingerprint density at radius 3 is 2.68 bits per heavy atom. The molecule has 0 radical (unpaired) electrons. The van der Waals surface area contributed by atoms with Crippen molar-refractivity contribution in [2.75, 3.05) is 0 Å². The van der Waals surface area contributed by atoms with Crippen LogP contribution in [0.3, 0.4) is 0 Å². The molecule has 1 saturated heterocycles. The summed E-state index contributed by atoms with van der Waals surface area (Å²) in [4.78, 5) is 0. The first-order valence-corrected chi connectivity index (χ1v) is 7.38. The van der Waals surface area contributed by atoms with Crippen molar-refractivity contribution < 1.29 is 4.74 Å². The second kappa shape index (κ2) is 5.15. The molecule has 1 aliphatic rings. The molecule has 0 aromatic heterocycles. The minimum atomic E-state index is -0.0592. The first kappa shape index (κ1) is 13.0. The van der Waals surface area contributed by atoms with Gasteiger partial charge in [-0.2, -0.15) is 0 Å². The van der Waals surface area contributed by atoms with Crippen LogP contribution in [0.15, 0.2) is 36.4 Å². The molecule has 100 valence electrons. The highest BCUT2D eigenvalue weighted by Gasteiger charge is 2.30. The van der Waals surface area contributed by atoms with E-state index in [1.807, 2.05) is 0 Å². The summed E-state index contributed by atoms with van der Waals surface area (Å²) >= 11 is 6.74. The van der Waals surface area contributed by atoms with Gasteiger partial charge in [0.2, 0.25) is 0 Å². The summed E-state index contributed by atoms with van der Waals surface area (Å²) in [6.07, 6.45) is 2.64. The SMILES string of the molecule is Cc1ccc2ccccc2c1C(Cl)C1CCC(C)O1. The molecule has 0 spiro atoms. The molecule has 2 aromatic carbocycles. The van der Waals surface area contributed by atoms with Crippen LogP contribution in [0, 0.1) is 6.92 Å². The summed E-state index contributed by atoms with van der Waals surface area (Å²) in [5.74, 6) is 0. The smallest absolute Gasteiger partial charge is 0.0855 e. The standard InChI is InChI=1S/C17H19ClO/c1-11-7-9-13-5-3-4-6-14(13)16(11)17(18)15-10-8-12(2)19-15/h3-7,9,12,15,17H,8,10H2,1-2H3. The Bertz CT molecular complexity index is 593. The molecule has 2 heteroatoms. The van der Waals surface area contributed by atoms with Crippen LogP contribution in [0.5, 0.6) is 0 Å². The van der Waals surface area contributed by atoms with E-state index in [1.54, 1.807) is 0 Å². The van der Waals surface area contributed by atoms with Gasteiger partial charge in [0.25, 0.3) is 0 Å². The van der Waals surface area contributed by atoms with Crippen molar-refractivity contribution in [2.45, 2.75) is 44.3 Å². The molecule has 1 nitrogen and oxygen atoms in total. The highest BCUT2D eigenvalue weighted by Crippen LogP contribution is 2.39. The van der Waals surface area contributed by atoms with Crippen LogP contribution < -0.4 is 0 Å². The van der Waals surface area contributed by atoms with Crippen LogP contribution in [-0.2, 0) is 4.74 Å². The van der Waals surface area contributed by atoms with Crippen molar-refractivity contribution >= 4 is 22.4 Å². The van der Waals surface area contributed by atoms with Crippen LogP contribution in [0.2, 0.25) is 0 Å². The van der Waals surface area contributed by atoms with Gasteiger partial charge in [-0.15, -0.1) is 11.6 Å². The number of hydrogen-bond donors (Lipinski definition) is 0. The molecule has 0 saturated carbocycles. The Morgan fingerprint density at radius 2 is 1.95 bits per heavy atom. The number of rotatable bonds is 2. The third kappa shape index (κ3) is 2.37. The van der Waals surface area contributed by atoms with E-state index in [9.17, 15) is 0 Å². The maximum atomic E-state index is 6.74. The Kier molecular flexibility index (Phi) is 3.51. The first-order valence-electron chi connectivity index (χ1n) is 6.94. The molecule has 1 aliphatic heterocycles.